The van der Waals surface area contributed by atoms with Crippen LogP contribution in [-0.4, -0.2) is 29.1 Å². The van der Waals surface area contributed by atoms with Crippen LogP contribution in [0.25, 0.3) is 0 Å². The molecule has 0 bridgehead atoms. The standard InChI is InChI=1S/C17H27NO/c1-14(18-12-4-11-17(2,3)13-18)5-6-15-7-9-16(19)10-8-15/h7-10,14,19H,4-6,11-13H2,1-3H3. The molecule has 1 unspecified atom stereocenters. The van der Waals surface area contributed by atoms with Gasteiger partial charge in [0.05, 0.1) is 0 Å². The van der Waals surface area contributed by atoms with Crippen LogP contribution in [0.4, 0.5) is 0 Å². The molecule has 0 amide bonds. The smallest absolute Gasteiger partial charge is 0.115 e. The maximum absolute atomic E-state index is 9.29. The molecule has 1 aliphatic rings. The van der Waals surface area contributed by atoms with Crippen LogP contribution >= 0.6 is 0 Å². The summed E-state index contributed by atoms with van der Waals surface area (Å²) in [5, 5.41) is 9.29. The van der Waals surface area contributed by atoms with Crippen LogP contribution in [0.3, 0.4) is 0 Å². The number of phenols is 1. The zero-order valence-corrected chi connectivity index (χ0v) is 12.5. The number of nitrogens with zero attached hydrogens (tertiary/aromatic N) is 1. The molecule has 1 aromatic rings. The van der Waals surface area contributed by atoms with Crippen molar-refractivity contribution < 1.29 is 5.11 Å². The lowest BCUT2D eigenvalue weighted by molar-refractivity contribution is 0.0813. The molecule has 106 valence electrons. The van der Waals surface area contributed by atoms with Gasteiger partial charge in [-0.25, -0.2) is 0 Å². The van der Waals surface area contributed by atoms with Crippen molar-refractivity contribution >= 4 is 0 Å². The molecule has 0 aromatic heterocycles. The minimum atomic E-state index is 0.356. The van der Waals surface area contributed by atoms with Gasteiger partial charge >= 0.3 is 0 Å². The van der Waals surface area contributed by atoms with E-state index in [1.54, 1.807) is 12.1 Å². The third kappa shape index (κ3) is 4.24. The molecule has 2 rings (SSSR count). The quantitative estimate of drug-likeness (QED) is 0.890. The summed E-state index contributed by atoms with van der Waals surface area (Å²) in [5.41, 5.74) is 1.80. The molecule has 1 heterocycles. The second-order valence-corrected chi connectivity index (χ2v) is 6.79. The Kier molecular flexibility index (Phi) is 4.51. The fraction of sp³-hybridized carbons (Fsp3) is 0.647. The number of hydrogen-bond acceptors (Lipinski definition) is 2. The number of benzene rings is 1. The number of phenolic OH excluding ortho intramolecular Hbond substituents is 1. The Morgan fingerprint density at radius 2 is 1.95 bits per heavy atom. The van der Waals surface area contributed by atoms with E-state index in [2.05, 4.69) is 25.7 Å². The van der Waals surface area contributed by atoms with Crippen molar-refractivity contribution in [2.75, 3.05) is 13.1 Å². The Labute approximate surface area is 117 Å². The first-order chi connectivity index (χ1) is 8.96. The highest BCUT2D eigenvalue weighted by Gasteiger charge is 2.28. The highest BCUT2D eigenvalue weighted by molar-refractivity contribution is 5.25. The Bertz CT molecular complexity index is 396. The van der Waals surface area contributed by atoms with E-state index in [1.165, 1.54) is 37.9 Å². The van der Waals surface area contributed by atoms with E-state index in [4.69, 9.17) is 0 Å². The monoisotopic (exact) mass is 261 g/mol. The molecule has 19 heavy (non-hydrogen) atoms. The number of aromatic hydroxyl groups is 1. The van der Waals surface area contributed by atoms with Crippen molar-refractivity contribution in [1.82, 2.24) is 4.90 Å². The lowest BCUT2D eigenvalue weighted by Gasteiger charge is -2.41. The summed E-state index contributed by atoms with van der Waals surface area (Å²) in [6.45, 7) is 9.59. The van der Waals surface area contributed by atoms with Crippen LogP contribution in [-0.2, 0) is 6.42 Å². The van der Waals surface area contributed by atoms with E-state index in [9.17, 15) is 5.11 Å². The van der Waals surface area contributed by atoms with Gasteiger partial charge in [-0.2, -0.15) is 0 Å². The molecule has 1 saturated heterocycles. The van der Waals surface area contributed by atoms with Gasteiger partial charge in [-0.15, -0.1) is 0 Å². The van der Waals surface area contributed by atoms with Crippen LogP contribution in [0, 0.1) is 5.41 Å². The molecule has 1 atom stereocenters. The van der Waals surface area contributed by atoms with Gasteiger partial charge in [-0.1, -0.05) is 26.0 Å². The van der Waals surface area contributed by atoms with Crippen LogP contribution in [0.5, 0.6) is 5.75 Å². The van der Waals surface area contributed by atoms with Crippen LogP contribution < -0.4 is 0 Å². The summed E-state index contributed by atoms with van der Waals surface area (Å²) in [6, 6.07) is 8.27. The highest BCUT2D eigenvalue weighted by atomic mass is 16.3. The minimum absolute atomic E-state index is 0.356. The predicted molar refractivity (Wildman–Crippen MR) is 80.5 cm³/mol. The van der Waals surface area contributed by atoms with Gasteiger partial charge in [-0.3, -0.25) is 0 Å². The Balaban J connectivity index is 1.83. The zero-order valence-electron chi connectivity index (χ0n) is 12.5. The molecular formula is C17H27NO. The van der Waals surface area contributed by atoms with E-state index >= 15 is 0 Å². The van der Waals surface area contributed by atoms with E-state index in [0.717, 1.165) is 6.42 Å². The van der Waals surface area contributed by atoms with Crippen LogP contribution in [0.1, 0.15) is 45.6 Å². The highest BCUT2D eigenvalue weighted by Crippen LogP contribution is 2.30. The van der Waals surface area contributed by atoms with Gasteiger partial charge in [0, 0.05) is 12.6 Å². The molecule has 2 heteroatoms. The van der Waals surface area contributed by atoms with E-state index in [0.29, 0.717) is 17.2 Å². The molecule has 1 aliphatic heterocycles. The van der Waals surface area contributed by atoms with Gasteiger partial charge in [0.15, 0.2) is 0 Å². The number of likely N-dealkylation sites (tertiary alicyclic amines) is 1. The van der Waals surface area contributed by atoms with E-state index in [1.807, 2.05) is 12.1 Å². The predicted octanol–water partition coefficient (Wildman–Crippen LogP) is 3.84. The van der Waals surface area contributed by atoms with Crippen molar-refractivity contribution in [2.24, 2.45) is 5.41 Å². The van der Waals surface area contributed by atoms with Gasteiger partial charge < -0.3 is 10.0 Å². The molecule has 1 N–H and O–H groups in total. The summed E-state index contributed by atoms with van der Waals surface area (Å²) in [5.74, 6) is 0.356. The summed E-state index contributed by atoms with van der Waals surface area (Å²) in [6.07, 6.45) is 4.98. The molecular weight excluding hydrogens is 234 g/mol. The summed E-state index contributed by atoms with van der Waals surface area (Å²) in [4.78, 5) is 2.64. The molecule has 0 saturated carbocycles. The number of rotatable bonds is 4. The summed E-state index contributed by atoms with van der Waals surface area (Å²) < 4.78 is 0. The molecule has 2 nitrogen and oxygen atoms in total. The molecule has 0 aliphatic carbocycles. The average molecular weight is 261 g/mol. The fourth-order valence-electron chi connectivity index (χ4n) is 3.07. The van der Waals surface area contributed by atoms with Crippen molar-refractivity contribution in [3.05, 3.63) is 29.8 Å². The van der Waals surface area contributed by atoms with Gasteiger partial charge in [-0.05, 0) is 62.3 Å². The zero-order chi connectivity index (χ0) is 13.9. The van der Waals surface area contributed by atoms with Gasteiger partial charge in [0.1, 0.15) is 5.75 Å². The second kappa shape index (κ2) is 5.96. The maximum Gasteiger partial charge on any atom is 0.115 e. The fourth-order valence-corrected chi connectivity index (χ4v) is 3.07. The second-order valence-electron chi connectivity index (χ2n) is 6.79. The first kappa shape index (κ1) is 14.4. The first-order valence-corrected chi connectivity index (χ1v) is 7.48. The third-order valence-electron chi connectivity index (χ3n) is 4.34. The average Bonchev–Trinajstić information content (AvgIpc) is 2.36. The van der Waals surface area contributed by atoms with Crippen molar-refractivity contribution in [2.45, 2.75) is 52.5 Å². The third-order valence-corrected chi connectivity index (χ3v) is 4.34. The van der Waals surface area contributed by atoms with Crippen LogP contribution in [0.15, 0.2) is 24.3 Å². The largest absolute Gasteiger partial charge is 0.508 e. The minimum Gasteiger partial charge on any atom is -0.508 e. The lowest BCUT2D eigenvalue weighted by atomic mass is 9.83. The molecule has 0 radical (unpaired) electrons. The van der Waals surface area contributed by atoms with Gasteiger partial charge in [0.2, 0.25) is 0 Å². The van der Waals surface area contributed by atoms with Crippen molar-refractivity contribution in [3.63, 3.8) is 0 Å². The van der Waals surface area contributed by atoms with E-state index in [-0.39, 0.29) is 0 Å². The maximum atomic E-state index is 9.29. The topological polar surface area (TPSA) is 23.5 Å². The first-order valence-electron chi connectivity index (χ1n) is 7.48. The van der Waals surface area contributed by atoms with Crippen LogP contribution in [0.2, 0.25) is 0 Å². The Morgan fingerprint density at radius 1 is 1.26 bits per heavy atom. The number of aryl methyl sites for hydroxylation is 1. The van der Waals surface area contributed by atoms with Gasteiger partial charge in [0.25, 0.3) is 0 Å². The Morgan fingerprint density at radius 3 is 2.58 bits per heavy atom. The van der Waals surface area contributed by atoms with E-state index < -0.39 is 0 Å². The SMILES string of the molecule is CC(CCc1ccc(O)cc1)N1CCCC(C)(C)C1. The van der Waals surface area contributed by atoms with Crippen molar-refractivity contribution in [3.8, 4) is 5.75 Å². The Hall–Kier alpha value is -1.02. The summed E-state index contributed by atoms with van der Waals surface area (Å²) in [7, 11) is 0. The summed E-state index contributed by atoms with van der Waals surface area (Å²) >= 11 is 0. The normalized spacial score (nSPS) is 21.2. The molecule has 1 aromatic carbocycles. The van der Waals surface area contributed by atoms with Crippen molar-refractivity contribution in [1.29, 1.82) is 0 Å². The number of piperidine rings is 1. The molecule has 0 spiro atoms. The molecule has 1 fully saturated rings. The number of hydrogen-bond donors (Lipinski definition) is 1. The lowest BCUT2D eigenvalue weighted by Crippen LogP contribution is -2.44.